The van der Waals surface area contributed by atoms with E-state index in [1.165, 1.54) is 11.3 Å². The van der Waals surface area contributed by atoms with Crippen LogP contribution >= 0.6 is 11.3 Å². The molecule has 4 rings (SSSR count). The van der Waals surface area contributed by atoms with Gasteiger partial charge in [-0.05, 0) is 25.1 Å². The molecule has 8 heteroatoms. The molecule has 2 aromatic rings. The van der Waals surface area contributed by atoms with Crippen molar-refractivity contribution in [1.29, 1.82) is 0 Å². The maximum Gasteiger partial charge on any atom is 0.302 e. The fourth-order valence-corrected chi connectivity index (χ4v) is 5.50. The standard InChI is InChI=1S/C20H18N2O4S2/c1-4-22(2)12-9-10-15-16(11-12)27-19-17(21-15)13-7-5-6-8-14(13)18(23)20(19)28(24,25)26-3/h5-11H,4H2,1-3H3. The highest BCUT2D eigenvalue weighted by Gasteiger charge is 2.29. The molecular formula is C20H18N2O4S2. The zero-order valence-corrected chi connectivity index (χ0v) is 17.2. The van der Waals surface area contributed by atoms with Gasteiger partial charge in [-0.2, -0.15) is 8.42 Å². The van der Waals surface area contributed by atoms with Crippen molar-refractivity contribution >= 4 is 48.1 Å². The molecule has 1 heterocycles. The zero-order chi connectivity index (χ0) is 20.1. The molecule has 1 aliphatic heterocycles. The van der Waals surface area contributed by atoms with Crippen molar-refractivity contribution in [3.8, 4) is 10.6 Å². The smallest absolute Gasteiger partial charge is 0.302 e. The van der Waals surface area contributed by atoms with E-state index in [2.05, 4.69) is 4.90 Å². The molecule has 6 nitrogen and oxygen atoms in total. The normalized spacial score (nSPS) is 12.1. The van der Waals surface area contributed by atoms with Crippen LogP contribution < -0.4 is 10.3 Å². The topological polar surface area (TPSA) is 76.6 Å². The van der Waals surface area contributed by atoms with Crippen LogP contribution in [0.25, 0.3) is 31.6 Å². The molecular weight excluding hydrogens is 396 g/mol. The minimum atomic E-state index is -4.20. The minimum absolute atomic E-state index is 0.312. The van der Waals surface area contributed by atoms with Gasteiger partial charge < -0.3 is 4.90 Å². The summed E-state index contributed by atoms with van der Waals surface area (Å²) in [6.07, 6.45) is 0. The zero-order valence-electron chi connectivity index (χ0n) is 15.6. The molecule has 2 aromatic carbocycles. The number of anilines is 1. The maximum atomic E-state index is 13.0. The summed E-state index contributed by atoms with van der Waals surface area (Å²) in [4.78, 5) is 19.8. The molecule has 0 amide bonds. The number of rotatable bonds is 4. The van der Waals surface area contributed by atoms with E-state index >= 15 is 0 Å². The van der Waals surface area contributed by atoms with Crippen LogP contribution in [0.1, 0.15) is 6.92 Å². The second kappa shape index (κ2) is 6.80. The van der Waals surface area contributed by atoms with E-state index in [9.17, 15) is 13.2 Å². The van der Waals surface area contributed by atoms with Gasteiger partial charge in [-0.15, -0.1) is 11.3 Å². The van der Waals surface area contributed by atoms with Gasteiger partial charge >= 0.3 is 10.1 Å². The summed E-state index contributed by atoms with van der Waals surface area (Å²) in [5, 5.41) is 0.942. The number of aromatic nitrogens is 1. The highest BCUT2D eigenvalue weighted by molar-refractivity contribution is 7.87. The quantitative estimate of drug-likeness (QED) is 0.288. The van der Waals surface area contributed by atoms with Gasteiger partial charge in [0.2, 0.25) is 5.43 Å². The molecule has 2 aliphatic rings. The Kier molecular flexibility index (Phi) is 4.57. The second-order valence-corrected chi connectivity index (χ2v) is 9.08. The molecule has 0 atom stereocenters. The fourth-order valence-electron chi connectivity index (χ4n) is 3.19. The lowest BCUT2D eigenvalue weighted by molar-refractivity contribution is 0.397. The first kappa shape index (κ1) is 18.8. The van der Waals surface area contributed by atoms with Crippen LogP contribution in [0, 0.1) is 0 Å². The third-order valence-electron chi connectivity index (χ3n) is 4.83. The van der Waals surface area contributed by atoms with Crippen molar-refractivity contribution in [2.24, 2.45) is 0 Å². The Morgan fingerprint density at radius 3 is 2.54 bits per heavy atom. The lowest BCUT2D eigenvalue weighted by Gasteiger charge is -2.18. The Morgan fingerprint density at radius 2 is 1.86 bits per heavy atom. The van der Waals surface area contributed by atoms with Crippen molar-refractivity contribution in [1.82, 2.24) is 4.98 Å². The molecule has 0 saturated carbocycles. The van der Waals surface area contributed by atoms with Crippen LogP contribution in [0.3, 0.4) is 0 Å². The van der Waals surface area contributed by atoms with Crippen LogP contribution in [-0.2, 0) is 14.3 Å². The molecule has 0 fully saturated rings. The van der Waals surface area contributed by atoms with E-state index in [-0.39, 0.29) is 4.90 Å². The Balaban J connectivity index is 2.20. The molecule has 0 aromatic heterocycles. The van der Waals surface area contributed by atoms with Crippen LogP contribution in [0.4, 0.5) is 5.69 Å². The van der Waals surface area contributed by atoms with Gasteiger partial charge in [-0.3, -0.25) is 8.98 Å². The molecule has 28 heavy (non-hydrogen) atoms. The van der Waals surface area contributed by atoms with Crippen molar-refractivity contribution in [2.45, 2.75) is 11.8 Å². The highest BCUT2D eigenvalue weighted by atomic mass is 32.2. The predicted molar refractivity (Wildman–Crippen MR) is 113 cm³/mol. The predicted octanol–water partition coefficient (Wildman–Crippen LogP) is 3.71. The first-order valence-corrected chi connectivity index (χ1v) is 10.9. The Morgan fingerprint density at radius 1 is 1.14 bits per heavy atom. The van der Waals surface area contributed by atoms with Crippen molar-refractivity contribution < 1.29 is 12.6 Å². The second-order valence-electron chi connectivity index (χ2n) is 6.38. The summed E-state index contributed by atoms with van der Waals surface area (Å²) in [6, 6.07) is 12.8. The van der Waals surface area contributed by atoms with E-state index in [1.54, 1.807) is 18.2 Å². The van der Waals surface area contributed by atoms with Gasteiger partial charge in [0, 0.05) is 30.1 Å². The molecule has 0 unspecified atom stereocenters. The van der Waals surface area contributed by atoms with E-state index in [4.69, 9.17) is 9.17 Å². The van der Waals surface area contributed by atoms with Crippen LogP contribution in [-0.4, -0.2) is 34.1 Å². The summed E-state index contributed by atoms with van der Waals surface area (Å²) in [7, 11) is -1.16. The van der Waals surface area contributed by atoms with E-state index in [0.29, 0.717) is 21.3 Å². The average Bonchev–Trinajstić information content (AvgIpc) is 2.71. The van der Waals surface area contributed by atoms with Gasteiger partial charge in [0.25, 0.3) is 0 Å². The molecule has 0 bridgehead atoms. The molecule has 0 spiro atoms. The molecule has 0 N–H and O–H groups in total. The fraction of sp³-hybridized carbons (Fsp3) is 0.200. The summed E-state index contributed by atoms with van der Waals surface area (Å²) in [5.41, 5.74) is 1.66. The Bertz CT molecular complexity index is 1350. The highest BCUT2D eigenvalue weighted by Crippen LogP contribution is 2.39. The molecule has 0 saturated heterocycles. The molecule has 144 valence electrons. The van der Waals surface area contributed by atoms with Crippen molar-refractivity contribution in [3.05, 3.63) is 52.7 Å². The summed E-state index contributed by atoms with van der Waals surface area (Å²) in [5.74, 6) is 0. The van der Waals surface area contributed by atoms with Crippen LogP contribution in [0.2, 0.25) is 0 Å². The first-order chi connectivity index (χ1) is 13.4. The van der Waals surface area contributed by atoms with Gasteiger partial charge in [0.05, 0.1) is 27.9 Å². The minimum Gasteiger partial charge on any atom is -0.375 e. The van der Waals surface area contributed by atoms with Crippen LogP contribution in [0.5, 0.6) is 0 Å². The average molecular weight is 415 g/mol. The summed E-state index contributed by atoms with van der Waals surface area (Å²) in [6.45, 7) is 2.88. The number of nitrogens with zero attached hydrogens (tertiary/aromatic N) is 2. The lowest BCUT2D eigenvalue weighted by atomic mass is 10.1. The molecule has 1 aliphatic carbocycles. The maximum absolute atomic E-state index is 13.0. The number of hydrogen-bond donors (Lipinski definition) is 0. The van der Waals surface area contributed by atoms with Gasteiger partial charge in [0.1, 0.15) is 0 Å². The monoisotopic (exact) mass is 414 g/mol. The number of hydrogen-bond acceptors (Lipinski definition) is 7. The van der Waals surface area contributed by atoms with Gasteiger partial charge in [-0.1, -0.05) is 24.3 Å². The summed E-state index contributed by atoms with van der Waals surface area (Å²) >= 11 is 1.24. The van der Waals surface area contributed by atoms with E-state index in [1.807, 2.05) is 38.2 Å². The lowest BCUT2D eigenvalue weighted by Crippen LogP contribution is -2.19. The third-order valence-corrected chi connectivity index (χ3v) is 7.43. The number of benzene rings is 3. The SMILES string of the molecule is CCN(C)c1ccc2nc3c4ccccc4c(=O)c(S(=O)(=O)OC)c-3sc2c1. The summed E-state index contributed by atoms with van der Waals surface area (Å²) < 4.78 is 30.7. The van der Waals surface area contributed by atoms with Crippen molar-refractivity contribution in [2.75, 3.05) is 25.6 Å². The third kappa shape index (κ3) is 2.85. The molecule has 0 radical (unpaired) electrons. The largest absolute Gasteiger partial charge is 0.375 e. The Labute approximate surface area is 166 Å². The first-order valence-electron chi connectivity index (χ1n) is 8.68. The van der Waals surface area contributed by atoms with Crippen molar-refractivity contribution in [3.63, 3.8) is 0 Å². The van der Waals surface area contributed by atoms with E-state index in [0.717, 1.165) is 29.6 Å². The van der Waals surface area contributed by atoms with Crippen LogP contribution in [0.15, 0.2) is 52.2 Å². The Hall–Kier alpha value is -2.55. The van der Waals surface area contributed by atoms with E-state index < -0.39 is 15.5 Å². The van der Waals surface area contributed by atoms with Gasteiger partial charge in [-0.25, -0.2) is 4.98 Å². The van der Waals surface area contributed by atoms with Gasteiger partial charge in [0.15, 0.2) is 4.90 Å². The number of fused-ring (bicyclic) bond motifs is 4.